The molecule has 1 aromatic rings. The second-order valence-corrected chi connectivity index (χ2v) is 7.09. The Hall–Kier alpha value is -1.39. The lowest BCUT2D eigenvalue weighted by atomic mass is 9.98. The zero-order chi connectivity index (χ0) is 16.1. The third kappa shape index (κ3) is 4.12. The van der Waals surface area contributed by atoms with E-state index in [1.165, 1.54) is 25.7 Å². The lowest BCUT2D eigenvalue weighted by Crippen LogP contribution is -2.38. The van der Waals surface area contributed by atoms with Crippen molar-refractivity contribution in [2.24, 2.45) is 5.92 Å². The lowest BCUT2D eigenvalue weighted by molar-refractivity contribution is -0.136. The van der Waals surface area contributed by atoms with Crippen LogP contribution in [0.15, 0.2) is 4.52 Å². The number of rotatable bonds is 6. The topological polar surface area (TPSA) is 59.2 Å². The zero-order valence-corrected chi connectivity index (χ0v) is 14.3. The van der Waals surface area contributed by atoms with Gasteiger partial charge in [0, 0.05) is 19.4 Å². The quantitative estimate of drug-likeness (QED) is 0.794. The first-order chi connectivity index (χ1) is 11.3. The van der Waals surface area contributed by atoms with Gasteiger partial charge in [0.15, 0.2) is 5.82 Å². The minimum atomic E-state index is -0.00191. The molecule has 0 bridgehead atoms. The summed E-state index contributed by atoms with van der Waals surface area (Å²) in [5, 5.41) is 4.06. The van der Waals surface area contributed by atoms with Crippen molar-refractivity contribution in [3.05, 3.63) is 11.7 Å². The molecule has 0 spiro atoms. The van der Waals surface area contributed by atoms with E-state index in [9.17, 15) is 4.79 Å². The Balaban J connectivity index is 1.61. The molecule has 1 aliphatic heterocycles. The number of nitrogens with zero attached hydrogens (tertiary/aromatic N) is 3. The molecule has 2 fully saturated rings. The van der Waals surface area contributed by atoms with E-state index in [2.05, 4.69) is 17.1 Å². The summed E-state index contributed by atoms with van der Waals surface area (Å²) in [5.74, 6) is 2.45. The van der Waals surface area contributed by atoms with E-state index < -0.39 is 0 Å². The molecule has 0 unspecified atom stereocenters. The van der Waals surface area contributed by atoms with Gasteiger partial charge >= 0.3 is 0 Å². The monoisotopic (exact) mass is 319 g/mol. The molecule has 3 rings (SSSR count). The average Bonchev–Trinajstić information content (AvgIpc) is 3.25. The Kier molecular flexibility index (Phi) is 5.68. The molecule has 1 atom stereocenters. The van der Waals surface area contributed by atoms with Crippen molar-refractivity contribution in [3.63, 3.8) is 0 Å². The molecule has 5 heteroatoms. The van der Waals surface area contributed by atoms with Crippen LogP contribution in [0.3, 0.4) is 0 Å². The van der Waals surface area contributed by atoms with Crippen LogP contribution in [0.4, 0.5) is 0 Å². The molecule has 1 saturated carbocycles. The number of aryl methyl sites for hydroxylation is 1. The highest BCUT2D eigenvalue weighted by atomic mass is 16.5. The number of carbonyl (C=O) groups is 1. The molecule has 0 aromatic carbocycles. The maximum Gasteiger partial charge on any atom is 0.249 e. The molecule has 1 saturated heterocycles. The summed E-state index contributed by atoms with van der Waals surface area (Å²) in [4.78, 5) is 19.2. The van der Waals surface area contributed by atoms with E-state index in [-0.39, 0.29) is 11.9 Å². The predicted molar refractivity (Wildman–Crippen MR) is 87.8 cm³/mol. The van der Waals surface area contributed by atoms with Crippen molar-refractivity contribution in [3.8, 4) is 0 Å². The predicted octanol–water partition coefficient (Wildman–Crippen LogP) is 4.05. The molecule has 2 heterocycles. The van der Waals surface area contributed by atoms with Gasteiger partial charge in [-0.05, 0) is 38.0 Å². The molecule has 0 radical (unpaired) electrons. The van der Waals surface area contributed by atoms with Crippen molar-refractivity contribution in [1.82, 2.24) is 15.0 Å². The van der Waals surface area contributed by atoms with Crippen molar-refractivity contribution in [2.75, 3.05) is 6.54 Å². The van der Waals surface area contributed by atoms with Crippen LogP contribution in [0.5, 0.6) is 0 Å². The Morgan fingerprint density at radius 3 is 2.78 bits per heavy atom. The van der Waals surface area contributed by atoms with Gasteiger partial charge in [-0.15, -0.1) is 0 Å². The van der Waals surface area contributed by atoms with Gasteiger partial charge in [0.05, 0.1) is 0 Å². The standard InChI is InChI=1S/C18H29N3O2/c1-2-7-16-19-18(23-20-16)15-10-5-6-13-21(15)17(22)12-11-14-8-3-4-9-14/h14-15H,2-13H2,1H3/t15-/m1/s1. The van der Waals surface area contributed by atoms with E-state index in [1.807, 2.05) is 4.90 Å². The van der Waals surface area contributed by atoms with E-state index in [0.717, 1.165) is 56.8 Å². The van der Waals surface area contributed by atoms with Crippen LogP contribution in [0.2, 0.25) is 0 Å². The SMILES string of the molecule is CCCc1noc([C@H]2CCCCN2C(=O)CCC2CCCC2)n1. The van der Waals surface area contributed by atoms with Gasteiger partial charge in [0.2, 0.25) is 11.8 Å². The molecule has 2 aliphatic rings. The first-order valence-corrected chi connectivity index (χ1v) is 9.40. The largest absolute Gasteiger partial charge is 0.337 e. The molecule has 5 nitrogen and oxygen atoms in total. The number of piperidine rings is 1. The maximum absolute atomic E-state index is 12.7. The minimum absolute atomic E-state index is 0.00191. The highest BCUT2D eigenvalue weighted by molar-refractivity contribution is 5.76. The number of aromatic nitrogens is 2. The Labute approximate surface area is 138 Å². The van der Waals surface area contributed by atoms with Gasteiger partial charge < -0.3 is 9.42 Å². The minimum Gasteiger partial charge on any atom is -0.337 e. The molecule has 0 N–H and O–H groups in total. The second-order valence-electron chi connectivity index (χ2n) is 7.09. The fraction of sp³-hybridized carbons (Fsp3) is 0.833. The number of carbonyl (C=O) groups excluding carboxylic acids is 1. The van der Waals surface area contributed by atoms with Crippen LogP contribution in [0.25, 0.3) is 0 Å². The first-order valence-electron chi connectivity index (χ1n) is 9.40. The highest BCUT2D eigenvalue weighted by Crippen LogP contribution is 2.33. The first kappa shape index (κ1) is 16.5. The summed E-state index contributed by atoms with van der Waals surface area (Å²) >= 11 is 0. The van der Waals surface area contributed by atoms with Crippen LogP contribution < -0.4 is 0 Å². The normalized spacial score (nSPS) is 22.7. The van der Waals surface area contributed by atoms with Crippen molar-refractivity contribution in [1.29, 1.82) is 0 Å². The van der Waals surface area contributed by atoms with E-state index in [0.29, 0.717) is 12.3 Å². The molecule has 23 heavy (non-hydrogen) atoms. The Morgan fingerprint density at radius 1 is 1.22 bits per heavy atom. The van der Waals surface area contributed by atoms with Gasteiger partial charge in [-0.25, -0.2) is 0 Å². The molecular weight excluding hydrogens is 290 g/mol. The van der Waals surface area contributed by atoms with Crippen molar-refractivity contribution < 1.29 is 9.32 Å². The van der Waals surface area contributed by atoms with Crippen LogP contribution >= 0.6 is 0 Å². The van der Waals surface area contributed by atoms with Crippen LogP contribution in [-0.4, -0.2) is 27.5 Å². The van der Waals surface area contributed by atoms with Gasteiger partial charge in [-0.3, -0.25) is 4.79 Å². The molecule has 128 valence electrons. The number of hydrogen-bond acceptors (Lipinski definition) is 4. The van der Waals surface area contributed by atoms with E-state index >= 15 is 0 Å². The summed E-state index contributed by atoms with van der Waals surface area (Å²) in [6.45, 7) is 2.94. The lowest BCUT2D eigenvalue weighted by Gasteiger charge is -2.33. The van der Waals surface area contributed by atoms with Gasteiger partial charge in [-0.1, -0.05) is 37.8 Å². The van der Waals surface area contributed by atoms with Gasteiger partial charge in [0.1, 0.15) is 6.04 Å². The summed E-state index contributed by atoms with van der Waals surface area (Å²) in [7, 11) is 0. The third-order valence-corrected chi connectivity index (χ3v) is 5.31. The van der Waals surface area contributed by atoms with Crippen molar-refractivity contribution in [2.45, 2.75) is 83.6 Å². The fourth-order valence-electron chi connectivity index (χ4n) is 3.99. The summed E-state index contributed by atoms with van der Waals surface area (Å²) in [6, 6.07) is -0.00191. The highest BCUT2D eigenvalue weighted by Gasteiger charge is 2.32. The van der Waals surface area contributed by atoms with E-state index in [1.54, 1.807) is 0 Å². The van der Waals surface area contributed by atoms with Gasteiger partial charge in [-0.2, -0.15) is 4.98 Å². The Bertz CT molecular complexity index is 508. The van der Waals surface area contributed by atoms with Gasteiger partial charge in [0.25, 0.3) is 0 Å². The molecular formula is C18H29N3O2. The smallest absolute Gasteiger partial charge is 0.249 e. The molecule has 1 aliphatic carbocycles. The number of likely N-dealkylation sites (tertiary alicyclic amines) is 1. The zero-order valence-electron chi connectivity index (χ0n) is 14.3. The molecule has 1 amide bonds. The summed E-state index contributed by atoms with van der Waals surface area (Å²) in [6.07, 6.45) is 12.0. The fourth-order valence-corrected chi connectivity index (χ4v) is 3.99. The third-order valence-electron chi connectivity index (χ3n) is 5.31. The van der Waals surface area contributed by atoms with Crippen LogP contribution in [0.1, 0.15) is 88.9 Å². The summed E-state index contributed by atoms with van der Waals surface area (Å²) < 4.78 is 5.46. The Morgan fingerprint density at radius 2 is 2.00 bits per heavy atom. The maximum atomic E-state index is 12.7. The number of amides is 1. The average molecular weight is 319 g/mol. The number of hydrogen-bond donors (Lipinski definition) is 0. The summed E-state index contributed by atoms with van der Waals surface area (Å²) in [5.41, 5.74) is 0. The van der Waals surface area contributed by atoms with Crippen LogP contribution in [-0.2, 0) is 11.2 Å². The second kappa shape index (κ2) is 7.93. The molecule has 1 aromatic heterocycles. The van der Waals surface area contributed by atoms with Crippen molar-refractivity contribution >= 4 is 5.91 Å². The van der Waals surface area contributed by atoms with E-state index in [4.69, 9.17) is 4.52 Å². The van der Waals surface area contributed by atoms with Crippen LogP contribution in [0, 0.1) is 5.92 Å².